The molecule has 3 heteroatoms. The van der Waals surface area contributed by atoms with Gasteiger partial charge in [-0.25, -0.2) is 0 Å². The fraction of sp³-hybridized carbons (Fsp3) is 0.250. The highest BCUT2D eigenvalue weighted by atomic mass is 16.3. The van der Waals surface area contributed by atoms with Gasteiger partial charge in [-0.1, -0.05) is 6.07 Å². The maximum atomic E-state index is 9.01. The van der Waals surface area contributed by atoms with Crippen molar-refractivity contribution < 1.29 is 5.11 Å². The number of phenols is 1. The first kappa shape index (κ1) is 7.88. The summed E-state index contributed by atoms with van der Waals surface area (Å²) in [6.07, 6.45) is 0. The monoisotopic (exact) mass is 152 g/mol. The van der Waals surface area contributed by atoms with E-state index in [1.54, 1.807) is 18.2 Å². The molecule has 0 unspecified atom stereocenters. The zero-order chi connectivity index (χ0) is 8.27. The molecule has 0 saturated heterocycles. The van der Waals surface area contributed by atoms with E-state index in [0.29, 0.717) is 5.69 Å². The van der Waals surface area contributed by atoms with Gasteiger partial charge in [0.2, 0.25) is 0 Å². The predicted octanol–water partition coefficient (Wildman–Crippen LogP) is 0.694. The van der Waals surface area contributed by atoms with E-state index in [-0.39, 0.29) is 5.75 Å². The van der Waals surface area contributed by atoms with Crippen LogP contribution in [0.2, 0.25) is 0 Å². The van der Waals surface area contributed by atoms with Crippen LogP contribution in [0.15, 0.2) is 18.2 Å². The summed E-state index contributed by atoms with van der Waals surface area (Å²) in [5.41, 5.74) is 7.24. The molecule has 1 rings (SSSR count). The van der Waals surface area contributed by atoms with Crippen molar-refractivity contribution in [3.63, 3.8) is 0 Å². The number of anilines is 1. The Labute approximate surface area is 65.8 Å². The van der Waals surface area contributed by atoms with E-state index in [2.05, 4.69) is 5.32 Å². The van der Waals surface area contributed by atoms with E-state index in [1.807, 2.05) is 7.05 Å². The number of hydrogen-bond acceptors (Lipinski definition) is 3. The second kappa shape index (κ2) is 3.25. The molecule has 3 nitrogen and oxygen atoms in total. The Balaban J connectivity index is 2.90. The minimum Gasteiger partial charge on any atom is -0.508 e. The third-order valence-corrected chi connectivity index (χ3v) is 1.50. The smallest absolute Gasteiger partial charge is 0.117 e. The molecule has 0 aliphatic heterocycles. The summed E-state index contributed by atoms with van der Waals surface area (Å²) in [6.45, 7) is 0.728. The number of nitrogens with one attached hydrogen (secondary N) is 1. The van der Waals surface area contributed by atoms with Gasteiger partial charge in [-0.05, 0) is 18.7 Å². The molecule has 0 heterocycles. The summed E-state index contributed by atoms with van der Waals surface area (Å²) in [5.74, 6) is 0.211. The maximum Gasteiger partial charge on any atom is 0.117 e. The quantitative estimate of drug-likeness (QED) is 0.546. The molecular formula is C8H12N2O. The SMILES string of the molecule is CNCc1ccc(O)cc1N. The van der Waals surface area contributed by atoms with Crippen molar-refractivity contribution in [3.8, 4) is 5.75 Å². The molecular weight excluding hydrogens is 140 g/mol. The Bertz CT molecular complexity index is 248. The Hall–Kier alpha value is -1.22. The number of hydrogen-bond donors (Lipinski definition) is 3. The average Bonchev–Trinajstić information content (AvgIpc) is 1.95. The van der Waals surface area contributed by atoms with Crippen molar-refractivity contribution in [1.82, 2.24) is 5.32 Å². The van der Waals surface area contributed by atoms with Crippen molar-refractivity contribution in [2.45, 2.75) is 6.54 Å². The van der Waals surface area contributed by atoms with E-state index < -0.39 is 0 Å². The van der Waals surface area contributed by atoms with E-state index >= 15 is 0 Å². The molecule has 0 aliphatic rings. The number of nitrogen functional groups attached to an aromatic ring is 1. The van der Waals surface area contributed by atoms with Crippen molar-refractivity contribution >= 4 is 5.69 Å². The number of nitrogens with two attached hydrogens (primary N) is 1. The van der Waals surface area contributed by atoms with Crippen LogP contribution >= 0.6 is 0 Å². The lowest BCUT2D eigenvalue weighted by atomic mass is 10.2. The third-order valence-electron chi connectivity index (χ3n) is 1.50. The Morgan fingerprint density at radius 3 is 2.82 bits per heavy atom. The van der Waals surface area contributed by atoms with Gasteiger partial charge in [-0.3, -0.25) is 0 Å². The van der Waals surface area contributed by atoms with Crippen molar-refractivity contribution in [3.05, 3.63) is 23.8 Å². The molecule has 11 heavy (non-hydrogen) atoms. The molecule has 0 bridgehead atoms. The van der Waals surface area contributed by atoms with Gasteiger partial charge in [-0.15, -0.1) is 0 Å². The number of rotatable bonds is 2. The Kier molecular flexibility index (Phi) is 2.33. The normalized spacial score (nSPS) is 9.91. The van der Waals surface area contributed by atoms with Gasteiger partial charge >= 0.3 is 0 Å². The minimum atomic E-state index is 0.211. The number of phenolic OH excluding ortho intramolecular Hbond substituents is 1. The maximum absolute atomic E-state index is 9.01. The first-order valence-electron chi connectivity index (χ1n) is 3.46. The lowest BCUT2D eigenvalue weighted by molar-refractivity contribution is 0.475. The molecule has 60 valence electrons. The Morgan fingerprint density at radius 2 is 2.27 bits per heavy atom. The fourth-order valence-electron chi connectivity index (χ4n) is 0.934. The molecule has 0 atom stereocenters. The fourth-order valence-corrected chi connectivity index (χ4v) is 0.934. The van der Waals surface area contributed by atoms with Crippen LogP contribution in [0.3, 0.4) is 0 Å². The van der Waals surface area contributed by atoms with Crippen LogP contribution < -0.4 is 11.1 Å². The molecule has 0 aliphatic carbocycles. The van der Waals surface area contributed by atoms with Crippen LogP contribution in [0, 0.1) is 0 Å². The van der Waals surface area contributed by atoms with Crippen molar-refractivity contribution in [1.29, 1.82) is 0 Å². The minimum absolute atomic E-state index is 0.211. The highest BCUT2D eigenvalue weighted by Gasteiger charge is 1.97. The summed E-state index contributed by atoms with van der Waals surface area (Å²) in [6, 6.07) is 4.98. The average molecular weight is 152 g/mol. The number of aromatic hydroxyl groups is 1. The summed E-state index contributed by atoms with van der Waals surface area (Å²) in [7, 11) is 1.85. The molecule has 0 fully saturated rings. The summed E-state index contributed by atoms with van der Waals surface area (Å²) in [5, 5.41) is 12.0. The van der Waals surface area contributed by atoms with E-state index in [0.717, 1.165) is 12.1 Å². The van der Waals surface area contributed by atoms with Crippen LogP contribution in [-0.4, -0.2) is 12.2 Å². The second-order valence-electron chi connectivity index (χ2n) is 2.41. The van der Waals surface area contributed by atoms with E-state index in [9.17, 15) is 0 Å². The van der Waals surface area contributed by atoms with Crippen molar-refractivity contribution in [2.24, 2.45) is 0 Å². The standard InChI is InChI=1S/C8H12N2O/c1-10-5-6-2-3-7(11)4-8(6)9/h2-4,10-11H,5,9H2,1H3. The Morgan fingerprint density at radius 1 is 1.55 bits per heavy atom. The lowest BCUT2D eigenvalue weighted by Gasteiger charge is -2.04. The second-order valence-corrected chi connectivity index (χ2v) is 2.41. The largest absolute Gasteiger partial charge is 0.508 e. The summed E-state index contributed by atoms with van der Waals surface area (Å²) < 4.78 is 0. The van der Waals surface area contributed by atoms with Crippen LogP contribution in [0.4, 0.5) is 5.69 Å². The third kappa shape index (κ3) is 1.85. The highest BCUT2D eigenvalue weighted by Crippen LogP contribution is 2.17. The van der Waals surface area contributed by atoms with Crippen LogP contribution in [-0.2, 0) is 6.54 Å². The van der Waals surface area contributed by atoms with Gasteiger partial charge in [-0.2, -0.15) is 0 Å². The zero-order valence-corrected chi connectivity index (χ0v) is 6.46. The summed E-state index contributed by atoms with van der Waals surface area (Å²) in [4.78, 5) is 0. The van der Waals surface area contributed by atoms with Gasteiger partial charge in [0.05, 0.1) is 0 Å². The van der Waals surface area contributed by atoms with Gasteiger partial charge in [0.15, 0.2) is 0 Å². The van der Waals surface area contributed by atoms with E-state index in [4.69, 9.17) is 10.8 Å². The van der Waals surface area contributed by atoms with Crippen LogP contribution in [0.25, 0.3) is 0 Å². The van der Waals surface area contributed by atoms with Gasteiger partial charge in [0.25, 0.3) is 0 Å². The molecule has 4 N–H and O–H groups in total. The summed E-state index contributed by atoms with van der Waals surface area (Å²) >= 11 is 0. The van der Waals surface area contributed by atoms with Gasteiger partial charge < -0.3 is 16.2 Å². The molecule has 0 radical (unpaired) electrons. The molecule has 1 aromatic carbocycles. The molecule has 0 amide bonds. The predicted molar refractivity (Wildman–Crippen MR) is 45.3 cm³/mol. The molecule has 0 spiro atoms. The van der Waals surface area contributed by atoms with Crippen molar-refractivity contribution in [2.75, 3.05) is 12.8 Å². The zero-order valence-electron chi connectivity index (χ0n) is 6.46. The first-order chi connectivity index (χ1) is 5.24. The lowest BCUT2D eigenvalue weighted by Crippen LogP contribution is -2.07. The van der Waals surface area contributed by atoms with Crippen LogP contribution in [0.5, 0.6) is 5.75 Å². The number of benzene rings is 1. The van der Waals surface area contributed by atoms with Crippen LogP contribution in [0.1, 0.15) is 5.56 Å². The highest BCUT2D eigenvalue weighted by molar-refractivity contribution is 5.50. The topological polar surface area (TPSA) is 58.3 Å². The van der Waals surface area contributed by atoms with Gasteiger partial charge in [0, 0.05) is 18.3 Å². The molecule has 0 aromatic heterocycles. The van der Waals surface area contributed by atoms with Gasteiger partial charge in [0.1, 0.15) is 5.75 Å². The first-order valence-corrected chi connectivity index (χ1v) is 3.46. The van der Waals surface area contributed by atoms with E-state index in [1.165, 1.54) is 0 Å². The molecule has 1 aromatic rings. The molecule has 0 saturated carbocycles.